The number of hydrogen-bond donors (Lipinski definition) is 1. The topological polar surface area (TPSA) is 76.5 Å². The molecule has 10 heteroatoms. The summed E-state index contributed by atoms with van der Waals surface area (Å²) in [5.74, 6) is -0.745. The SMILES string of the molecule is CC(C)Cn1nc(C(=O)Nc2ccc(N3CCOCC3)cc2C(F)(F)F)c2ccccc2c1=O. The minimum absolute atomic E-state index is 0.0758. The molecule has 4 rings (SSSR count). The standard InChI is InChI=1S/C24H25F3N4O3/c1-15(2)14-31-23(33)18-6-4-3-5-17(18)21(29-31)22(32)28-20-8-7-16(13-19(20)24(25,26)27)30-9-11-34-12-10-30/h3-8,13,15H,9-12,14H2,1-2H3,(H,28,32). The third-order valence-electron chi connectivity index (χ3n) is 5.55. The first kappa shape index (κ1) is 23.7. The van der Waals surface area contributed by atoms with E-state index in [1.165, 1.54) is 10.7 Å². The van der Waals surface area contributed by atoms with E-state index >= 15 is 0 Å². The molecular formula is C24H25F3N4O3. The van der Waals surface area contributed by atoms with Crippen LogP contribution in [0.4, 0.5) is 24.5 Å². The molecule has 0 unspecified atom stereocenters. The molecule has 1 aromatic heterocycles. The van der Waals surface area contributed by atoms with Gasteiger partial charge in [0.1, 0.15) is 0 Å². The molecule has 0 spiro atoms. The second kappa shape index (κ2) is 9.46. The van der Waals surface area contributed by atoms with Crippen LogP contribution in [0.5, 0.6) is 0 Å². The molecule has 0 aliphatic carbocycles. The minimum atomic E-state index is -4.68. The molecule has 180 valence electrons. The maximum atomic E-state index is 13.9. The van der Waals surface area contributed by atoms with Crippen molar-refractivity contribution in [1.29, 1.82) is 0 Å². The first-order valence-electron chi connectivity index (χ1n) is 11.0. The van der Waals surface area contributed by atoms with Crippen LogP contribution in [0.15, 0.2) is 47.3 Å². The number of alkyl halides is 3. The summed E-state index contributed by atoms with van der Waals surface area (Å²) in [5.41, 5.74) is -1.39. The van der Waals surface area contributed by atoms with Gasteiger partial charge in [0, 0.05) is 30.7 Å². The summed E-state index contributed by atoms with van der Waals surface area (Å²) in [6.45, 7) is 5.90. The average Bonchev–Trinajstić information content (AvgIpc) is 2.80. The number of hydrogen-bond acceptors (Lipinski definition) is 5. The minimum Gasteiger partial charge on any atom is -0.378 e. The highest BCUT2D eigenvalue weighted by Crippen LogP contribution is 2.37. The number of benzene rings is 2. The first-order chi connectivity index (χ1) is 16.1. The van der Waals surface area contributed by atoms with Crippen molar-refractivity contribution >= 4 is 28.1 Å². The summed E-state index contributed by atoms with van der Waals surface area (Å²) in [6, 6.07) is 10.3. The van der Waals surface area contributed by atoms with Crippen molar-refractivity contribution < 1.29 is 22.7 Å². The summed E-state index contributed by atoms with van der Waals surface area (Å²) < 4.78 is 48.2. The summed E-state index contributed by atoms with van der Waals surface area (Å²) in [6.07, 6.45) is -4.68. The summed E-state index contributed by atoms with van der Waals surface area (Å²) in [5, 5.41) is 7.14. The molecule has 1 N–H and O–H groups in total. The molecular weight excluding hydrogens is 449 g/mol. The third-order valence-corrected chi connectivity index (χ3v) is 5.55. The molecule has 34 heavy (non-hydrogen) atoms. The molecule has 1 aliphatic rings. The third kappa shape index (κ3) is 4.91. The Bertz CT molecular complexity index is 1260. The van der Waals surface area contributed by atoms with Crippen molar-refractivity contribution in [3.63, 3.8) is 0 Å². The number of nitrogens with one attached hydrogen (secondary N) is 1. The van der Waals surface area contributed by atoms with E-state index in [-0.39, 0.29) is 40.2 Å². The van der Waals surface area contributed by atoms with Crippen molar-refractivity contribution in [3.05, 3.63) is 64.1 Å². The number of nitrogens with zero attached hydrogens (tertiary/aromatic N) is 3. The molecule has 1 amide bonds. The Kier molecular flexibility index (Phi) is 6.60. The molecule has 0 atom stereocenters. The van der Waals surface area contributed by atoms with E-state index in [1.54, 1.807) is 35.2 Å². The van der Waals surface area contributed by atoms with Crippen LogP contribution in [0.25, 0.3) is 10.8 Å². The Morgan fingerprint density at radius 3 is 2.44 bits per heavy atom. The molecule has 2 aromatic carbocycles. The van der Waals surface area contributed by atoms with Crippen LogP contribution in [-0.4, -0.2) is 42.0 Å². The number of carbonyl (C=O) groups excluding carboxylic acids is 1. The van der Waals surface area contributed by atoms with Gasteiger partial charge in [-0.15, -0.1) is 0 Å². The molecule has 1 saturated heterocycles. The zero-order valence-electron chi connectivity index (χ0n) is 18.9. The van der Waals surface area contributed by atoms with Crippen molar-refractivity contribution in [1.82, 2.24) is 9.78 Å². The van der Waals surface area contributed by atoms with E-state index in [1.807, 2.05) is 13.8 Å². The van der Waals surface area contributed by atoms with Gasteiger partial charge in [0.25, 0.3) is 11.5 Å². The molecule has 0 radical (unpaired) electrons. The van der Waals surface area contributed by atoms with E-state index in [0.717, 1.165) is 6.07 Å². The fourth-order valence-corrected chi connectivity index (χ4v) is 3.95. The highest BCUT2D eigenvalue weighted by molar-refractivity contribution is 6.11. The monoisotopic (exact) mass is 474 g/mol. The van der Waals surface area contributed by atoms with Gasteiger partial charge in [-0.2, -0.15) is 18.3 Å². The Morgan fingerprint density at radius 1 is 1.12 bits per heavy atom. The Hall–Kier alpha value is -3.40. The van der Waals surface area contributed by atoms with E-state index in [0.29, 0.717) is 32.0 Å². The smallest absolute Gasteiger partial charge is 0.378 e. The van der Waals surface area contributed by atoms with Crippen LogP contribution in [0, 0.1) is 5.92 Å². The van der Waals surface area contributed by atoms with Crippen LogP contribution in [-0.2, 0) is 17.5 Å². The number of amides is 1. The lowest BCUT2D eigenvalue weighted by Crippen LogP contribution is -2.36. The second-order valence-corrected chi connectivity index (χ2v) is 8.56. The molecule has 3 aromatic rings. The van der Waals surface area contributed by atoms with E-state index in [4.69, 9.17) is 4.74 Å². The highest BCUT2D eigenvalue weighted by Gasteiger charge is 2.35. The van der Waals surface area contributed by atoms with Gasteiger partial charge < -0.3 is 15.0 Å². The number of fused-ring (bicyclic) bond motifs is 1. The predicted molar refractivity (Wildman–Crippen MR) is 123 cm³/mol. The zero-order valence-corrected chi connectivity index (χ0v) is 18.9. The Labute approximate surface area is 194 Å². The number of aromatic nitrogens is 2. The van der Waals surface area contributed by atoms with Crippen LogP contribution in [0.1, 0.15) is 29.9 Å². The number of halogens is 3. The molecule has 0 saturated carbocycles. The maximum Gasteiger partial charge on any atom is 0.418 e. The van der Waals surface area contributed by atoms with Gasteiger partial charge in [0.15, 0.2) is 5.69 Å². The van der Waals surface area contributed by atoms with Crippen molar-refractivity contribution in [2.75, 3.05) is 36.5 Å². The largest absolute Gasteiger partial charge is 0.418 e. The zero-order chi connectivity index (χ0) is 24.5. The number of rotatable bonds is 5. The van der Waals surface area contributed by atoms with Gasteiger partial charge in [-0.1, -0.05) is 32.0 Å². The predicted octanol–water partition coefficient (Wildman–Crippen LogP) is 4.16. The van der Waals surface area contributed by atoms with E-state index in [2.05, 4.69) is 10.4 Å². The van der Waals surface area contributed by atoms with Crippen LogP contribution in [0.2, 0.25) is 0 Å². The lowest BCUT2D eigenvalue weighted by molar-refractivity contribution is -0.136. The van der Waals surface area contributed by atoms with Crippen molar-refractivity contribution in [2.45, 2.75) is 26.6 Å². The number of carbonyl (C=O) groups is 1. The van der Waals surface area contributed by atoms with Gasteiger partial charge in [-0.05, 0) is 30.2 Å². The quantitative estimate of drug-likeness (QED) is 0.601. The summed E-state index contributed by atoms with van der Waals surface area (Å²) in [4.78, 5) is 27.7. The molecule has 0 bridgehead atoms. The van der Waals surface area contributed by atoms with Crippen molar-refractivity contribution in [2.24, 2.45) is 5.92 Å². The lowest BCUT2D eigenvalue weighted by atomic mass is 10.1. The molecule has 2 heterocycles. The van der Waals surface area contributed by atoms with Gasteiger partial charge >= 0.3 is 6.18 Å². The lowest BCUT2D eigenvalue weighted by Gasteiger charge is -2.29. The van der Waals surface area contributed by atoms with Crippen LogP contribution in [0.3, 0.4) is 0 Å². The number of ether oxygens (including phenoxy) is 1. The van der Waals surface area contributed by atoms with Crippen molar-refractivity contribution in [3.8, 4) is 0 Å². The highest BCUT2D eigenvalue weighted by atomic mass is 19.4. The fraction of sp³-hybridized carbons (Fsp3) is 0.375. The summed E-state index contributed by atoms with van der Waals surface area (Å²) >= 11 is 0. The Balaban J connectivity index is 1.74. The van der Waals surface area contributed by atoms with Crippen LogP contribution < -0.4 is 15.8 Å². The fourth-order valence-electron chi connectivity index (χ4n) is 3.95. The molecule has 7 nitrogen and oxygen atoms in total. The first-order valence-corrected chi connectivity index (χ1v) is 11.0. The maximum absolute atomic E-state index is 13.9. The molecule has 1 aliphatic heterocycles. The van der Waals surface area contributed by atoms with E-state index < -0.39 is 17.6 Å². The van der Waals surface area contributed by atoms with E-state index in [9.17, 15) is 22.8 Å². The van der Waals surface area contributed by atoms with Gasteiger partial charge in [-0.25, -0.2) is 4.68 Å². The van der Waals surface area contributed by atoms with Gasteiger partial charge in [0.05, 0.1) is 29.9 Å². The molecule has 1 fully saturated rings. The average molecular weight is 474 g/mol. The Morgan fingerprint density at radius 2 is 1.79 bits per heavy atom. The number of anilines is 2. The second-order valence-electron chi connectivity index (χ2n) is 8.56. The van der Waals surface area contributed by atoms with Crippen LogP contribution >= 0.6 is 0 Å². The number of morpholine rings is 1. The van der Waals surface area contributed by atoms with Gasteiger partial charge in [-0.3, -0.25) is 9.59 Å². The summed E-state index contributed by atoms with van der Waals surface area (Å²) in [7, 11) is 0. The normalized spacial score (nSPS) is 14.6. The van der Waals surface area contributed by atoms with Gasteiger partial charge in [0.2, 0.25) is 0 Å².